The number of amides is 1. The third-order valence-corrected chi connectivity index (χ3v) is 5.81. The summed E-state index contributed by atoms with van der Waals surface area (Å²) in [7, 11) is 0. The van der Waals surface area contributed by atoms with Gasteiger partial charge >= 0.3 is 0 Å². The largest absolute Gasteiger partial charge is 0.454 e. The van der Waals surface area contributed by atoms with Gasteiger partial charge in [-0.2, -0.15) is 0 Å². The summed E-state index contributed by atoms with van der Waals surface area (Å²) in [6, 6.07) is 5.19. The average Bonchev–Trinajstić information content (AvgIpc) is 3.36. The molecule has 29 heavy (non-hydrogen) atoms. The van der Waals surface area contributed by atoms with Crippen LogP contribution >= 0.6 is 11.3 Å². The third-order valence-electron chi connectivity index (χ3n) is 4.90. The molecule has 0 unspecified atom stereocenters. The van der Waals surface area contributed by atoms with Crippen molar-refractivity contribution in [3.8, 4) is 11.5 Å². The lowest BCUT2D eigenvalue weighted by atomic mass is 10.1. The molecule has 9 nitrogen and oxygen atoms in total. The molecule has 1 amide bonds. The highest BCUT2D eigenvalue weighted by Crippen LogP contribution is 2.34. The fraction of sp³-hybridized carbons (Fsp3) is 0.316. The maximum Gasteiger partial charge on any atom is 0.258 e. The molecular formula is C19H19N5O4S. The second kappa shape index (κ2) is 7.47. The highest BCUT2D eigenvalue weighted by Gasteiger charge is 2.24. The van der Waals surface area contributed by atoms with Crippen molar-refractivity contribution in [1.29, 1.82) is 0 Å². The Labute approximate surface area is 170 Å². The molecule has 10 heteroatoms. The minimum absolute atomic E-state index is 0.0331. The molecular weight excluding hydrogens is 394 g/mol. The van der Waals surface area contributed by atoms with Gasteiger partial charge in [-0.25, -0.2) is 9.97 Å². The van der Waals surface area contributed by atoms with Crippen molar-refractivity contribution in [3.05, 3.63) is 35.3 Å². The van der Waals surface area contributed by atoms with Gasteiger partial charge in [0.1, 0.15) is 0 Å². The number of rotatable bonds is 4. The van der Waals surface area contributed by atoms with Gasteiger partial charge in [-0.15, -0.1) is 11.3 Å². The minimum Gasteiger partial charge on any atom is -0.454 e. The van der Waals surface area contributed by atoms with Gasteiger partial charge in [-0.05, 0) is 18.6 Å². The van der Waals surface area contributed by atoms with Gasteiger partial charge in [0.15, 0.2) is 11.5 Å². The zero-order valence-corrected chi connectivity index (χ0v) is 16.2. The number of nitrogens with one attached hydrogen (secondary N) is 2. The Morgan fingerprint density at radius 1 is 1.28 bits per heavy atom. The third kappa shape index (κ3) is 3.57. The molecule has 1 fully saturated rings. The number of anilines is 2. The van der Waals surface area contributed by atoms with Gasteiger partial charge in [-0.1, -0.05) is 0 Å². The summed E-state index contributed by atoms with van der Waals surface area (Å²) in [5.41, 5.74) is 7.82. The van der Waals surface area contributed by atoms with Crippen molar-refractivity contribution in [3.63, 3.8) is 0 Å². The Morgan fingerprint density at radius 3 is 3.07 bits per heavy atom. The van der Waals surface area contributed by atoms with E-state index in [1.54, 1.807) is 29.8 Å². The van der Waals surface area contributed by atoms with Crippen molar-refractivity contribution in [2.24, 2.45) is 5.73 Å². The number of ether oxygens (including phenoxy) is 3. The van der Waals surface area contributed by atoms with E-state index in [9.17, 15) is 4.79 Å². The summed E-state index contributed by atoms with van der Waals surface area (Å²) in [5.74, 6) is 1.48. The molecule has 0 saturated carbocycles. The first-order valence-corrected chi connectivity index (χ1v) is 10.1. The van der Waals surface area contributed by atoms with Crippen molar-refractivity contribution in [2.75, 3.05) is 30.6 Å². The summed E-state index contributed by atoms with van der Waals surface area (Å²) in [5, 5.41) is 7.94. The van der Waals surface area contributed by atoms with Crippen molar-refractivity contribution >= 4 is 39.1 Å². The molecule has 0 bridgehead atoms. The molecule has 2 aliphatic rings. The van der Waals surface area contributed by atoms with Crippen LogP contribution in [0.15, 0.2) is 29.8 Å². The van der Waals surface area contributed by atoms with Crippen molar-refractivity contribution in [2.45, 2.75) is 18.5 Å². The SMILES string of the molecule is N[C@H]1COCC[C@H]1Nc1ncc2scc(C(=O)Nc3ccc4c(c3)OCO4)c2n1. The average molecular weight is 413 g/mol. The van der Waals surface area contributed by atoms with E-state index in [1.165, 1.54) is 11.3 Å². The lowest BCUT2D eigenvalue weighted by Crippen LogP contribution is -2.47. The molecule has 2 aromatic heterocycles. The van der Waals surface area contributed by atoms with Gasteiger partial charge in [-0.3, -0.25) is 4.79 Å². The van der Waals surface area contributed by atoms with E-state index in [-0.39, 0.29) is 24.8 Å². The monoisotopic (exact) mass is 413 g/mol. The van der Waals surface area contributed by atoms with Gasteiger partial charge in [0.2, 0.25) is 12.7 Å². The molecule has 0 aliphatic carbocycles. The smallest absolute Gasteiger partial charge is 0.258 e. The van der Waals surface area contributed by atoms with E-state index in [0.717, 1.165) is 11.1 Å². The fourth-order valence-corrected chi connectivity index (χ4v) is 4.18. The topological polar surface area (TPSA) is 121 Å². The van der Waals surface area contributed by atoms with Gasteiger partial charge in [0, 0.05) is 35.8 Å². The van der Waals surface area contributed by atoms with Crippen LogP contribution in [0.5, 0.6) is 11.5 Å². The Bertz CT molecular complexity index is 1070. The summed E-state index contributed by atoms with van der Waals surface area (Å²) in [4.78, 5) is 21.8. The standard InChI is InChI=1S/C19H19N5O4S/c20-12-7-26-4-3-13(12)23-19-21-6-16-17(24-19)11(8-29-16)18(25)22-10-1-2-14-15(5-10)28-9-27-14/h1-2,5-6,8,12-13H,3-4,7,9,20H2,(H,22,25)(H,21,23,24)/t12-,13+/m0/s1. The number of hydrogen-bond donors (Lipinski definition) is 3. The highest BCUT2D eigenvalue weighted by atomic mass is 32.1. The predicted molar refractivity (Wildman–Crippen MR) is 109 cm³/mol. The number of aromatic nitrogens is 2. The van der Waals surface area contributed by atoms with Crippen LogP contribution in [-0.4, -0.2) is 48.0 Å². The molecule has 150 valence electrons. The van der Waals surface area contributed by atoms with Crippen LogP contribution in [0.25, 0.3) is 10.2 Å². The van der Waals surface area contributed by atoms with Crippen molar-refractivity contribution < 1.29 is 19.0 Å². The van der Waals surface area contributed by atoms with E-state index in [1.807, 2.05) is 0 Å². The molecule has 1 aromatic carbocycles. The molecule has 1 saturated heterocycles. The van der Waals surface area contributed by atoms with Crippen LogP contribution in [0.1, 0.15) is 16.8 Å². The van der Waals surface area contributed by atoms with E-state index in [2.05, 4.69) is 20.6 Å². The van der Waals surface area contributed by atoms with E-state index in [0.29, 0.717) is 47.4 Å². The maximum absolute atomic E-state index is 12.8. The number of thiophene rings is 1. The number of nitrogens with zero attached hydrogens (tertiary/aromatic N) is 2. The molecule has 3 aromatic rings. The van der Waals surface area contributed by atoms with Crippen LogP contribution in [0, 0.1) is 0 Å². The van der Waals surface area contributed by atoms with Gasteiger partial charge in [0.05, 0.1) is 28.6 Å². The van der Waals surface area contributed by atoms with Crippen LogP contribution in [0.2, 0.25) is 0 Å². The van der Waals surface area contributed by atoms with Gasteiger partial charge in [0.25, 0.3) is 5.91 Å². The first kappa shape index (κ1) is 18.1. The zero-order valence-electron chi connectivity index (χ0n) is 15.4. The number of benzene rings is 1. The second-order valence-corrected chi connectivity index (χ2v) is 7.77. The lowest BCUT2D eigenvalue weighted by Gasteiger charge is -2.29. The van der Waals surface area contributed by atoms with Crippen LogP contribution in [0.3, 0.4) is 0 Å². The molecule has 2 aliphatic heterocycles. The molecule has 5 rings (SSSR count). The number of fused-ring (bicyclic) bond motifs is 2. The first-order chi connectivity index (χ1) is 14.2. The lowest BCUT2D eigenvalue weighted by molar-refractivity contribution is 0.0751. The quantitative estimate of drug-likeness (QED) is 0.595. The summed E-state index contributed by atoms with van der Waals surface area (Å²) in [6.07, 6.45) is 2.50. The normalized spacial score (nSPS) is 20.6. The van der Waals surface area contributed by atoms with Crippen LogP contribution in [-0.2, 0) is 4.74 Å². The number of nitrogens with two attached hydrogens (primary N) is 1. The summed E-state index contributed by atoms with van der Waals surface area (Å²) in [6.45, 7) is 1.34. The number of hydrogen-bond acceptors (Lipinski definition) is 9. The molecule has 4 N–H and O–H groups in total. The molecule has 2 atom stereocenters. The van der Waals surface area contributed by atoms with E-state index >= 15 is 0 Å². The number of carbonyl (C=O) groups is 1. The predicted octanol–water partition coefficient (Wildman–Crippen LogP) is 2.20. The maximum atomic E-state index is 12.8. The van der Waals surface area contributed by atoms with Crippen molar-refractivity contribution in [1.82, 2.24) is 9.97 Å². The summed E-state index contributed by atoms with van der Waals surface area (Å²) < 4.78 is 16.9. The minimum atomic E-state index is -0.248. The molecule has 0 spiro atoms. The Hall–Kier alpha value is -2.95. The Balaban J connectivity index is 1.37. The second-order valence-electron chi connectivity index (χ2n) is 6.86. The summed E-state index contributed by atoms with van der Waals surface area (Å²) >= 11 is 1.43. The highest BCUT2D eigenvalue weighted by molar-refractivity contribution is 7.17. The van der Waals surface area contributed by atoms with E-state index in [4.69, 9.17) is 19.9 Å². The van der Waals surface area contributed by atoms with Gasteiger partial charge < -0.3 is 30.6 Å². The van der Waals surface area contributed by atoms with E-state index < -0.39 is 0 Å². The Kier molecular flexibility index (Phi) is 4.66. The number of carbonyl (C=O) groups excluding carboxylic acids is 1. The first-order valence-electron chi connectivity index (χ1n) is 9.22. The van der Waals surface area contributed by atoms with Crippen LogP contribution < -0.4 is 25.8 Å². The Morgan fingerprint density at radius 2 is 2.17 bits per heavy atom. The molecule has 0 radical (unpaired) electrons. The van der Waals surface area contributed by atoms with Crippen LogP contribution in [0.4, 0.5) is 11.6 Å². The zero-order chi connectivity index (χ0) is 19.8. The molecule has 4 heterocycles. The fourth-order valence-electron chi connectivity index (χ4n) is 3.34.